The van der Waals surface area contributed by atoms with Crippen molar-refractivity contribution in [2.45, 2.75) is 19.3 Å². The molecule has 0 saturated heterocycles. The lowest BCUT2D eigenvalue weighted by Crippen LogP contribution is -1.98. The van der Waals surface area contributed by atoms with Crippen LogP contribution in [0.4, 0.5) is 11.5 Å². The third kappa shape index (κ3) is 3.04. The number of nitro benzene ring substituents is 1. The van der Waals surface area contributed by atoms with Gasteiger partial charge >= 0.3 is 5.69 Å². The van der Waals surface area contributed by atoms with E-state index in [9.17, 15) is 15.2 Å². The number of fused-ring (bicyclic) bond motifs is 3. The van der Waals surface area contributed by atoms with Crippen LogP contribution in [0, 0.1) is 10.1 Å². The highest BCUT2D eigenvalue weighted by Crippen LogP contribution is 2.39. The van der Waals surface area contributed by atoms with Crippen LogP contribution in [0.3, 0.4) is 0 Å². The Morgan fingerprint density at radius 2 is 2.26 bits per heavy atom. The highest BCUT2D eigenvalue weighted by atomic mass is 32.1. The SMILES string of the molecule is COc1cc(/C=N\Nc2ncnc3sc4c(c23)CCC4)cc([N+](=O)[O-])c1O. The summed E-state index contributed by atoms with van der Waals surface area (Å²) in [7, 11) is 1.33. The molecule has 0 spiro atoms. The smallest absolute Gasteiger partial charge is 0.315 e. The molecule has 9 nitrogen and oxygen atoms in total. The summed E-state index contributed by atoms with van der Waals surface area (Å²) >= 11 is 1.68. The maximum atomic E-state index is 11.1. The van der Waals surface area contributed by atoms with Gasteiger partial charge in [0.25, 0.3) is 0 Å². The van der Waals surface area contributed by atoms with E-state index in [0.29, 0.717) is 11.4 Å². The summed E-state index contributed by atoms with van der Waals surface area (Å²) in [6.45, 7) is 0. The second-order valence-electron chi connectivity index (χ2n) is 5.98. The van der Waals surface area contributed by atoms with Crippen molar-refractivity contribution in [3.63, 3.8) is 0 Å². The molecule has 138 valence electrons. The summed E-state index contributed by atoms with van der Waals surface area (Å²) in [4.78, 5) is 21.3. The zero-order chi connectivity index (χ0) is 19.0. The number of phenols is 1. The van der Waals surface area contributed by atoms with Gasteiger partial charge in [-0.15, -0.1) is 11.3 Å². The number of hydrogen-bond acceptors (Lipinski definition) is 9. The minimum atomic E-state index is -0.675. The Labute approximate surface area is 157 Å². The van der Waals surface area contributed by atoms with Gasteiger partial charge in [-0.3, -0.25) is 15.5 Å². The Hall–Kier alpha value is -3.27. The minimum Gasteiger partial charge on any atom is -0.500 e. The molecule has 2 heterocycles. The normalized spacial score (nSPS) is 13.2. The van der Waals surface area contributed by atoms with Crippen LogP contribution in [0.5, 0.6) is 11.5 Å². The number of benzene rings is 1. The molecule has 0 bridgehead atoms. The summed E-state index contributed by atoms with van der Waals surface area (Å²) in [6.07, 6.45) is 6.10. The molecular formula is C17H15N5O4S. The average molecular weight is 385 g/mol. The number of rotatable bonds is 5. The van der Waals surface area contributed by atoms with Gasteiger partial charge in [-0.2, -0.15) is 5.10 Å². The maximum absolute atomic E-state index is 11.1. The Morgan fingerprint density at radius 3 is 3.04 bits per heavy atom. The highest BCUT2D eigenvalue weighted by Gasteiger charge is 2.21. The number of aryl methyl sites for hydroxylation is 2. The van der Waals surface area contributed by atoms with Crippen molar-refractivity contribution >= 4 is 39.3 Å². The molecule has 0 unspecified atom stereocenters. The number of ether oxygens (including phenoxy) is 1. The number of methoxy groups -OCH3 is 1. The number of anilines is 1. The Kier molecular flexibility index (Phi) is 4.32. The molecule has 1 aliphatic rings. The first-order chi connectivity index (χ1) is 13.1. The lowest BCUT2D eigenvalue weighted by atomic mass is 10.2. The largest absolute Gasteiger partial charge is 0.500 e. The molecule has 4 rings (SSSR count). The Morgan fingerprint density at radius 1 is 1.41 bits per heavy atom. The molecule has 10 heteroatoms. The van der Waals surface area contributed by atoms with E-state index >= 15 is 0 Å². The van der Waals surface area contributed by atoms with Gasteiger partial charge in [0.05, 0.1) is 23.6 Å². The Balaban J connectivity index is 1.65. The molecule has 1 aliphatic carbocycles. The molecule has 0 saturated carbocycles. The first-order valence-corrected chi connectivity index (χ1v) is 9.00. The summed E-state index contributed by atoms with van der Waals surface area (Å²) in [5, 5.41) is 26.0. The van der Waals surface area contributed by atoms with Gasteiger partial charge in [-0.1, -0.05) is 0 Å². The third-order valence-corrected chi connectivity index (χ3v) is 5.58. The van der Waals surface area contributed by atoms with E-state index in [0.717, 1.165) is 29.5 Å². The summed E-state index contributed by atoms with van der Waals surface area (Å²) in [6, 6.07) is 2.69. The fourth-order valence-corrected chi connectivity index (χ4v) is 4.39. The van der Waals surface area contributed by atoms with E-state index in [-0.39, 0.29) is 5.75 Å². The molecule has 1 aromatic carbocycles. The number of nitrogens with one attached hydrogen (secondary N) is 1. The van der Waals surface area contributed by atoms with E-state index in [4.69, 9.17) is 4.74 Å². The second-order valence-corrected chi connectivity index (χ2v) is 7.06. The zero-order valence-corrected chi connectivity index (χ0v) is 15.1. The van der Waals surface area contributed by atoms with Crippen LogP contribution < -0.4 is 10.2 Å². The Bertz CT molecular complexity index is 1080. The van der Waals surface area contributed by atoms with Crippen LogP contribution in [0.2, 0.25) is 0 Å². The van der Waals surface area contributed by atoms with Gasteiger partial charge < -0.3 is 9.84 Å². The van der Waals surface area contributed by atoms with E-state index in [1.54, 1.807) is 11.3 Å². The predicted molar refractivity (Wildman–Crippen MR) is 102 cm³/mol. The summed E-state index contributed by atoms with van der Waals surface area (Å²) < 4.78 is 4.98. The van der Waals surface area contributed by atoms with Crippen LogP contribution in [0.1, 0.15) is 22.4 Å². The lowest BCUT2D eigenvalue weighted by Gasteiger charge is -2.05. The molecule has 2 aromatic heterocycles. The highest BCUT2D eigenvalue weighted by molar-refractivity contribution is 7.19. The fraction of sp³-hybridized carbons (Fsp3) is 0.235. The van der Waals surface area contributed by atoms with Crippen LogP contribution in [0.25, 0.3) is 10.2 Å². The number of aromatic hydroxyl groups is 1. The number of nitrogens with zero attached hydrogens (tertiary/aromatic N) is 4. The van der Waals surface area contributed by atoms with Crippen LogP contribution in [-0.2, 0) is 12.8 Å². The number of hydrazone groups is 1. The van der Waals surface area contributed by atoms with Gasteiger partial charge in [0.1, 0.15) is 11.2 Å². The van der Waals surface area contributed by atoms with Crippen molar-refractivity contribution in [1.29, 1.82) is 0 Å². The number of hydrogen-bond donors (Lipinski definition) is 2. The first kappa shape index (κ1) is 17.2. The third-order valence-electron chi connectivity index (χ3n) is 4.38. The van der Waals surface area contributed by atoms with Crippen molar-refractivity contribution in [3.05, 3.63) is 44.6 Å². The topological polar surface area (TPSA) is 123 Å². The molecule has 0 fully saturated rings. The summed E-state index contributed by atoms with van der Waals surface area (Å²) in [5.74, 6) is 0.0978. The first-order valence-electron chi connectivity index (χ1n) is 8.18. The van der Waals surface area contributed by atoms with E-state index in [1.165, 1.54) is 42.2 Å². The molecule has 3 aromatic rings. The number of aromatic nitrogens is 2. The van der Waals surface area contributed by atoms with E-state index < -0.39 is 16.4 Å². The number of thiophene rings is 1. The zero-order valence-electron chi connectivity index (χ0n) is 14.3. The van der Waals surface area contributed by atoms with Gasteiger partial charge in [0.2, 0.25) is 5.75 Å². The van der Waals surface area contributed by atoms with Crippen LogP contribution in [-0.4, -0.2) is 33.3 Å². The van der Waals surface area contributed by atoms with Crippen molar-refractivity contribution < 1.29 is 14.8 Å². The molecule has 0 aliphatic heterocycles. The van der Waals surface area contributed by atoms with E-state index in [1.807, 2.05) is 0 Å². The molecule has 2 N–H and O–H groups in total. The van der Waals surface area contributed by atoms with Crippen molar-refractivity contribution in [2.75, 3.05) is 12.5 Å². The average Bonchev–Trinajstić information content (AvgIpc) is 3.23. The molecule has 27 heavy (non-hydrogen) atoms. The van der Waals surface area contributed by atoms with Crippen molar-refractivity contribution in [1.82, 2.24) is 9.97 Å². The second kappa shape index (κ2) is 6.80. The van der Waals surface area contributed by atoms with Gasteiger partial charge in [-0.05, 0) is 30.9 Å². The molecular weight excluding hydrogens is 370 g/mol. The lowest BCUT2D eigenvalue weighted by molar-refractivity contribution is -0.386. The maximum Gasteiger partial charge on any atom is 0.315 e. The van der Waals surface area contributed by atoms with Crippen molar-refractivity contribution in [2.24, 2.45) is 5.10 Å². The monoisotopic (exact) mass is 385 g/mol. The quantitative estimate of drug-likeness (QED) is 0.392. The fourth-order valence-electron chi connectivity index (χ4n) is 3.16. The molecule has 0 radical (unpaired) electrons. The number of nitro groups is 1. The van der Waals surface area contributed by atoms with Crippen LogP contribution in [0.15, 0.2) is 23.6 Å². The summed E-state index contributed by atoms with van der Waals surface area (Å²) in [5.41, 5.74) is 4.14. The molecule has 0 atom stereocenters. The standard InChI is InChI=1S/C17H15N5O4S/c1-26-12-6-9(5-11(15(12)23)22(24)25)7-20-21-16-14-10-3-2-4-13(10)27-17(14)19-8-18-16/h5-8,23H,2-4H2,1H3,(H,18,19,21)/b20-7-. The van der Waals surface area contributed by atoms with Gasteiger partial charge in [-0.25, -0.2) is 9.97 Å². The van der Waals surface area contributed by atoms with Gasteiger partial charge in [0.15, 0.2) is 11.6 Å². The number of phenolic OH excluding ortho intramolecular Hbond substituents is 1. The van der Waals surface area contributed by atoms with Crippen LogP contribution >= 0.6 is 11.3 Å². The predicted octanol–water partition coefficient (Wildman–Crippen LogP) is 3.25. The van der Waals surface area contributed by atoms with Crippen molar-refractivity contribution in [3.8, 4) is 11.5 Å². The van der Waals surface area contributed by atoms with Gasteiger partial charge in [0, 0.05) is 16.5 Å². The minimum absolute atomic E-state index is 0.00531. The van der Waals surface area contributed by atoms with E-state index in [2.05, 4.69) is 20.5 Å². The molecule has 0 amide bonds.